The second kappa shape index (κ2) is 5.90. The molecule has 0 saturated carbocycles. The molecular formula is C13H15NO4S. The summed E-state index contributed by atoms with van der Waals surface area (Å²) in [5.41, 5.74) is 0.810. The number of methoxy groups -OCH3 is 3. The molecule has 6 heteroatoms. The first-order valence-electron chi connectivity index (χ1n) is 5.59. The maximum Gasteiger partial charge on any atom is 0.164 e. The van der Waals surface area contributed by atoms with Gasteiger partial charge in [0.05, 0.1) is 38.4 Å². The lowest BCUT2D eigenvalue weighted by Crippen LogP contribution is -1.94. The fourth-order valence-electron chi connectivity index (χ4n) is 1.70. The standard InChI is InChI=1S/C13H15NO4S/c1-16-10-5-12(18-3)11(17-2)4-9(10)13-14-6-8(7-15)19-13/h4-6,15H,7H2,1-3H3. The number of benzene rings is 1. The average molecular weight is 281 g/mol. The molecule has 1 aromatic carbocycles. The van der Waals surface area contributed by atoms with Crippen molar-refractivity contribution in [3.05, 3.63) is 23.2 Å². The minimum atomic E-state index is -0.0206. The van der Waals surface area contributed by atoms with Crippen molar-refractivity contribution in [2.24, 2.45) is 0 Å². The van der Waals surface area contributed by atoms with Gasteiger partial charge in [0.15, 0.2) is 11.5 Å². The summed E-state index contributed by atoms with van der Waals surface area (Å²) in [6.45, 7) is -0.0206. The molecular weight excluding hydrogens is 266 g/mol. The van der Waals surface area contributed by atoms with Crippen LogP contribution in [0.25, 0.3) is 10.6 Å². The molecule has 0 unspecified atom stereocenters. The minimum Gasteiger partial charge on any atom is -0.496 e. The van der Waals surface area contributed by atoms with E-state index in [2.05, 4.69) is 4.98 Å². The Balaban J connectivity index is 2.54. The summed E-state index contributed by atoms with van der Waals surface area (Å²) in [5.74, 6) is 1.86. The minimum absolute atomic E-state index is 0.0206. The fourth-order valence-corrected chi connectivity index (χ4v) is 2.49. The van der Waals surface area contributed by atoms with E-state index in [1.165, 1.54) is 11.3 Å². The SMILES string of the molecule is COc1cc(OC)c(-c2ncc(CO)s2)cc1OC. The molecule has 0 fully saturated rings. The zero-order chi connectivity index (χ0) is 13.8. The lowest BCUT2D eigenvalue weighted by molar-refractivity contribution is 0.285. The maximum atomic E-state index is 9.10. The van der Waals surface area contributed by atoms with Gasteiger partial charge in [0.2, 0.25) is 0 Å². The zero-order valence-electron chi connectivity index (χ0n) is 11.0. The van der Waals surface area contributed by atoms with Crippen molar-refractivity contribution in [2.75, 3.05) is 21.3 Å². The molecule has 102 valence electrons. The topological polar surface area (TPSA) is 60.8 Å². The van der Waals surface area contributed by atoms with Crippen LogP contribution in [0.5, 0.6) is 17.2 Å². The monoisotopic (exact) mass is 281 g/mol. The molecule has 0 atom stereocenters. The molecule has 0 aliphatic rings. The van der Waals surface area contributed by atoms with Gasteiger partial charge in [0.1, 0.15) is 10.8 Å². The molecule has 2 aromatic rings. The van der Waals surface area contributed by atoms with Gasteiger partial charge in [-0.05, 0) is 6.07 Å². The molecule has 1 aromatic heterocycles. The second-order valence-corrected chi connectivity index (χ2v) is 4.81. The Morgan fingerprint density at radius 2 is 1.68 bits per heavy atom. The number of aliphatic hydroxyl groups excluding tert-OH is 1. The first-order chi connectivity index (χ1) is 9.23. The molecule has 2 rings (SSSR count). The highest BCUT2D eigenvalue weighted by molar-refractivity contribution is 7.15. The van der Waals surface area contributed by atoms with Gasteiger partial charge in [-0.15, -0.1) is 11.3 Å². The van der Waals surface area contributed by atoms with E-state index < -0.39 is 0 Å². The van der Waals surface area contributed by atoms with Crippen molar-refractivity contribution in [1.82, 2.24) is 4.98 Å². The Morgan fingerprint density at radius 3 is 2.21 bits per heavy atom. The number of thiazole rings is 1. The molecule has 0 radical (unpaired) electrons. The number of hydrogen-bond acceptors (Lipinski definition) is 6. The summed E-state index contributed by atoms with van der Waals surface area (Å²) >= 11 is 1.41. The van der Waals surface area contributed by atoms with Gasteiger partial charge < -0.3 is 19.3 Å². The summed E-state index contributed by atoms with van der Waals surface area (Å²) in [6.07, 6.45) is 1.65. The number of aliphatic hydroxyl groups is 1. The van der Waals surface area contributed by atoms with Gasteiger partial charge >= 0.3 is 0 Å². The lowest BCUT2D eigenvalue weighted by Gasteiger charge is -2.12. The molecule has 0 saturated heterocycles. The van der Waals surface area contributed by atoms with Crippen molar-refractivity contribution >= 4 is 11.3 Å². The van der Waals surface area contributed by atoms with E-state index in [9.17, 15) is 0 Å². The third-order valence-electron chi connectivity index (χ3n) is 2.65. The second-order valence-electron chi connectivity index (χ2n) is 3.70. The molecule has 0 amide bonds. The summed E-state index contributed by atoms with van der Waals surface area (Å²) in [4.78, 5) is 5.08. The van der Waals surface area contributed by atoms with Gasteiger partial charge in [-0.2, -0.15) is 0 Å². The Morgan fingerprint density at radius 1 is 1.05 bits per heavy atom. The third-order valence-corrected chi connectivity index (χ3v) is 3.66. The Bertz CT molecular complexity index is 568. The van der Waals surface area contributed by atoms with Crippen molar-refractivity contribution in [1.29, 1.82) is 0 Å². The highest BCUT2D eigenvalue weighted by Gasteiger charge is 2.15. The number of aromatic nitrogens is 1. The van der Waals surface area contributed by atoms with E-state index in [4.69, 9.17) is 19.3 Å². The van der Waals surface area contributed by atoms with Crippen LogP contribution in [0.15, 0.2) is 18.3 Å². The number of hydrogen-bond donors (Lipinski definition) is 1. The van der Waals surface area contributed by atoms with Gasteiger partial charge in [0, 0.05) is 12.3 Å². The molecule has 0 aliphatic heterocycles. The number of rotatable bonds is 5. The highest BCUT2D eigenvalue weighted by atomic mass is 32.1. The van der Waals surface area contributed by atoms with Crippen LogP contribution in [0.3, 0.4) is 0 Å². The summed E-state index contributed by atoms with van der Waals surface area (Å²) < 4.78 is 15.9. The zero-order valence-corrected chi connectivity index (χ0v) is 11.8. The Hall–Kier alpha value is -1.79. The van der Waals surface area contributed by atoms with Crippen molar-refractivity contribution in [3.63, 3.8) is 0 Å². The highest BCUT2D eigenvalue weighted by Crippen LogP contribution is 2.41. The van der Waals surface area contributed by atoms with E-state index in [0.717, 1.165) is 15.4 Å². The van der Waals surface area contributed by atoms with E-state index in [1.54, 1.807) is 33.6 Å². The normalized spacial score (nSPS) is 10.3. The van der Waals surface area contributed by atoms with Crippen molar-refractivity contribution < 1.29 is 19.3 Å². The first kappa shape index (κ1) is 13.6. The average Bonchev–Trinajstić information content (AvgIpc) is 2.94. The smallest absolute Gasteiger partial charge is 0.164 e. The summed E-state index contributed by atoms with van der Waals surface area (Å²) in [6, 6.07) is 3.58. The van der Waals surface area contributed by atoms with Crippen molar-refractivity contribution in [3.8, 4) is 27.8 Å². The van der Waals surface area contributed by atoms with E-state index in [0.29, 0.717) is 17.2 Å². The Kier molecular flexibility index (Phi) is 4.24. The van der Waals surface area contributed by atoms with E-state index >= 15 is 0 Å². The molecule has 0 spiro atoms. The van der Waals surface area contributed by atoms with Crippen LogP contribution in [0, 0.1) is 0 Å². The summed E-state index contributed by atoms with van der Waals surface area (Å²) in [5, 5.41) is 9.87. The van der Waals surface area contributed by atoms with Crippen LogP contribution >= 0.6 is 11.3 Å². The van der Waals surface area contributed by atoms with Crippen LogP contribution < -0.4 is 14.2 Å². The largest absolute Gasteiger partial charge is 0.496 e. The quantitative estimate of drug-likeness (QED) is 0.911. The molecule has 5 nitrogen and oxygen atoms in total. The predicted molar refractivity (Wildman–Crippen MR) is 73.1 cm³/mol. The molecule has 1 N–H and O–H groups in total. The van der Waals surface area contributed by atoms with Crippen LogP contribution in [0.2, 0.25) is 0 Å². The van der Waals surface area contributed by atoms with Crippen LogP contribution in [-0.4, -0.2) is 31.4 Å². The molecule has 19 heavy (non-hydrogen) atoms. The molecule has 0 aliphatic carbocycles. The van der Waals surface area contributed by atoms with E-state index in [-0.39, 0.29) is 6.61 Å². The Labute approximate surface area is 115 Å². The van der Waals surface area contributed by atoms with E-state index in [1.807, 2.05) is 6.07 Å². The first-order valence-corrected chi connectivity index (χ1v) is 6.41. The molecule has 0 bridgehead atoms. The predicted octanol–water partition coefficient (Wildman–Crippen LogP) is 2.33. The molecule has 1 heterocycles. The fraction of sp³-hybridized carbons (Fsp3) is 0.308. The van der Waals surface area contributed by atoms with Gasteiger partial charge in [-0.3, -0.25) is 0 Å². The van der Waals surface area contributed by atoms with Crippen molar-refractivity contribution in [2.45, 2.75) is 6.61 Å². The van der Waals surface area contributed by atoms with Gasteiger partial charge in [0.25, 0.3) is 0 Å². The van der Waals surface area contributed by atoms with Crippen LogP contribution in [0.4, 0.5) is 0 Å². The van der Waals surface area contributed by atoms with Crippen LogP contribution in [-0.2, 0) is 6.61 Å². The summed E-state index contributed by atoms with van der Waals surface area (Å²) in [7, 11) is 4.74. The number of ether oxygens (including phenoxy) is 3. The van der Waals surface area contributed by atoms with Crippen LogP contribution in [0.1, 0.15) is 4.88 Å². The number of nitrogens with zero attached hydrogens (tertiary/aromatic N) is 1. The lowest BCUT2D eigenvalue weighted by atomic mass is 10.2. The van der Waals surface area contributed by atoms with Gasteiger partial charge in [-0.1, -0.05) is 0 Å². The van der Waals surface area contributed by atoms with Gasteiger partial charge in [-0.25, -0.2) is 4.98 Å². The third kappa shape index (κ3) is 2.64. The maximum absolute atomic E-state index is 9.10.